The van der Waals surface area contributed by atoms with E-state index in [0.29, 0.717) is 23.3 Å². The largest absolute Gasteiger partial charge is 0.500 e. The van der Waals surface area contributed by atoms with Crippen molar-refractivity contribution in [1.82, 2.24) is 9.97 Å². The zero-order valence-electron chi connectivity index (χ0n) is 25.2. The van der Waals surface area contributed by atoms with Gasteiger partial charge in [-0.3, -0.25) is 9.78 Å². The van der Waals surface area contributed by atoms with E-state index in [9.17, 15) is 23.1 Å². The molecule has 0 saturated heterocycles. The molecule has 7 nitrogen and oxygen atoms in total. The summed E-state index contributed by atoms with van der Waals surface area (Å²) in [5.41, 5.74) is 4.99. The zero-order valence-corrected chi connectivity index (χ0v) is 25.2. The van der Waals surface area contributed by atoms with E-state index in [2.05, 4.69) is 11.6 Å². The third kappa shape index (κ3) is 8.42. The van der Waals surface area contributed by atoms with Gasteiger partial charge in [-0.2, -0.15) is 13.2 Å². The fourth-order valence-corrected chi connectivity index (χ4v) is 4.60. The first kappa shape index (κ1) is 33.7. The molecule has 4 rings (SSSR count). The first-order valence-electron chi connectivity index (χ1n) is 14.0. The van der Waals surface area contributed by atoms with E-state index < -0.39 is 17.7 Å². The van der Waals surface area contributed by atoms with Crippen molar-refractivity contribution in [2.45, 2.75) is 65.7 Å². The molecule has 1 unspecified atom stereocenters. The van der Waals surface area contributed by atoms with E-state index in [0.717, 1.165) is 39.9 Å². The van der Waals surface area contributed by atoms with Crippen molar-refractivity contribution < 1.29 is 37.7 Å². The maximum Gasteiger partial charge on any atom is 0.401 e. The van der Waals surface area contributed by atoms with Gasteiger partial charge in [0.15, 0.2) is 0 Å². The van der Waals surface area contributed by atoms with Crippen LogP contribution in [0.4, 0.5) is 13.2 Å². The first-order valence-corrected chi connectivity index (χ1v) is 14.0. The summed E-state index contributed by atoms with van der Waals surface area (Å²) in [6, 6.07) is 9.70. The Balaban J connectivity index is 0.000000303. The van der Waals surface area contributed by atoms with Crippen molar-refractivity contribution in [1.29, 1.82) is 0 Å². The number of allylic oxidation sites excluding steroid dienone is 3. The molecule has 1 aromatic heterocycles. The third-order valence-electron chi connectivity index (χ3n) is 7.19. The number of halogens is 3. The SMILES string of the molecule is C=C(C)/C=C(\OC)C1(C(F)(F)F)CC1.CCc1cc2ncc(-c3ccc(CC(C)=O)c(C)c3)nc2cc1OCC(O)CO. The standard InChI is InChI=1S/C23H26N2O4.C10H13F3O/c1-4-16-9-20-21(10-23(16)29-13-19(28)12-26)25-22(11-24-20)18-6-5-17(8-15(3)27)14(2)7-18;1-7(2)6-8(14-3)9(4-5-9)10(11,12)13/h5-7,9-11,19,26,28H,4,8,12-13H2,1-3H3;6H,1,4-5H2,2-3H3/b;8-6-. The average Bonchev–Trinajstić information content (AvgIpc) is 3.77. The van der Waals surface area contributed by atoms with Crippen LogP contribution in [0.25, 0.3) is 22.3 Å². The Labute approximate surface area is 250 Å². The van der Waals surface area contributed by atoms with E-state index in [1.807, 2.05) is 44.2 Å². The number of carbonyl (C=O) groups is 1. The number of ether oxygens (including phenoxy) is 2. The van der Waals surface area contributed by atoms with Gasteiger partial charge in [-0.25, -0.2) is 4.98 Å². The lowest BCUT2D eigenvalue weighted by molar-refractivity contribution is -0.184. The number of fused-ring (bicyclic) bond motifs is 1. The van der Waals surface area contributed by atoms with E-state index in [1.54, 1.807) is 20.0 Å². The predicted octanol–water partition coefficient (Wildman–Crippen LogP) is 6.47. The average molecular weight is 601 g/mol. The van der Waals surface area contributed by atoms with E-state index in [-0.39, 0.29) is 37.6 Å². The molecule has 2 N–H and O–H groups in total. The minimum Gasteiger partial charge on any atom is -0.500 e. The van der Waals surface area contributed by atoms with Gasteiger partial charge in [0.2, 0.25) is 0 Å². The van der Waals surface area contributed by atoms with Gasteiger partial charge in [-0.1, -0.05) is 31.2 Å². The number of aryl methyl sites for hydroxylation is 2. The molecule has 232 valence electrons. The zero-order chi connectivity index (χ0) is 31.9. The van der Waals surface area contributed by atoms with Crippen LogP contribution in [-0.4, -0.2) is 58.6 Å². The highest BCUT2D eigenvalue weighted by molar-refractivity contribution is 5.81. The van der Waals surface area contributed by atoms with Crippen LogP contribution in [0.15, 0.2) is 60.5 Å². The Kier molecular flexibility index (Phi) is 11.1. The molecule has 0 amide bonds. The maximum absolute atomic E-state index is 12.6. The van der Waals surface area contributed by atoms with Gasteiger partial charge >= 0.3 is 6.18 Å². The van der Waals surface area contributed by atoms with Gasteiger partial charge in [0.1, 0.15) is 35.4 Å². The lowest BCUT2D eigenvalue weighted by Crippen LogP contribution is -2.27. The fraction of sp³-hybridized carbons (Fsp3) is 0.424. The summed E-state index contributed by atoms with van der Waals surface area (Å²) in [7, 11) is 1.26. The number of rotatable bonds is 11. The summed E-state index contributed by atoms with van der Waals surface area (Å²) in [5, 5.41) is 18.6. The predicted molar refractivity (Wildman–Crippen MR) is 160 cm³/mol. The van der Waals surface area contributed by atoms with Crippen molar-refractivity contribution in [3.05, 3.63) is 77.2 Å². The van der Waals surface area contributed by atoms with Gasteiger partial charge < -0.3 is 19.7 Å². The topological polar surface area (TPSA) is 102 Å². The fourth-order valence-electron chi connectivity index (χ4n) is 4.60. The molecule has 1 aliphatic carbocycles. The second kappa shape index (κ2) is 14.1. The van der Waals surface area contributed by atoms with E-state index in [1.165, 1.54) is 13.2 Å². The van der Waals surface area contributed by atoms with Gasteiger partial charge in [-0.05, 0) is 74.9 Å². The first-order chi connectivity index (χ1) is 20.2. The number of aromatic nitrogens is 2. The minimum absolute atomic E-state index is 0.0128. The Morgan fingerprint density at radius 3 is 2.37 bits per heavy atom. The van der Waals surface area contributed by atoms with Crippen LogP contribution in [-0.2, 0) is 22.4 Å². The summed E-state index contributed by atoms with van der Waals surface area (Å²) in [5.74, 6) is 0.751. The molecule has 0 aliphatic heterocycles. The van der Waals surface area contributed by atoms with Crippen molar-refractivity contribution in [2.75, 3.05) is 20.3 Å². The third-order valence-corrected chi connectivity index (χ3v) is 7.19. The number of methoxy groups -OCH3 is 1. The summed E-state index contributed by atoms with van der Waals surface area (Å²) in [6.45, 7) is 10.4. The maximum atomic E-state index is 12.6. The molecule has 1 atom stereocenters. The van der Waals surface area contributed by atoms with Crippen LogP contribution in [0.5, 0.6) is 5.75 Å². The number of alkyl halides is 3. The van der Waals surface area contributed by atoms with Crippen LogP contribution in [0.3, 0.4) is 0 Å². The van der Waals surface area contributed by atoms with Gasteiger partial charge in [0, 0.05) is 18.1 Å². The number of hydrogen-bond donors (Lipinski definition) is 2. The summed E-state index contributed by atoms with van der Waals surface area (Å²) in [6.07, 6.45) is -0.630. The highest BCUT2D eigenvalue weighted by Crippen LogP contribution is 2.62. The number of nitrogens with zero attached hydrogens (tertiary/aromatic N) is 2. The molecule has 1 heterocycles. The van der Waals surface area contributed by atoms with Crippen LogP contribution >= 0.6 is 0 Å². The summed E-state index contributed by atoms with van der Waals surface area (Å²) >= 11 is 0. The molecule has 1 saturated carbocycles. The molecular formula is C33H39F3N2O5. The van der Waals surface area contributed by atoms with E-state index in [4.69, 9.17) is 19.6 Å². The normalized spacial score (nSPS) is 14.9. The Morgan fingerprint density at radius 1 is 1.16 bits per heavy atom. The molecule has 43 heavy (non-hydrogen) atoms. The van der Waals surface area contributed by atoms with Gasteiger partial charge in [0.25, 0.3) is 0 Å². The molecule has 10 heteroatoms. The molecule has 2 aromatic carbocycles. The molecule has 3 aromatic rings. The molecule has 0 bridgehead atoms. The van der Waals surface area contributed by atoms with Gasteiger partial charge in [-0.15, -0.1) is 0 Å². The van der Waals surface area contributed by atoms with E-state index >= 15 is 0 Å². The second-order valence-electron chi connectivity index (χ2n) is 10.9. The number of ketones is 1. The van der Waals surface area contributed by atoms with Crippen LogP contribution in [0, 0.1) is 12.3 Å². The quantitative estimate of drug-likeness (QED) is 0.192. The van der Waals surface area contributed by atoms with Crippen molar-refractivity contribution >= 4 is 16.8 Å². The number of benzene rings is 2. The molecule has 1 aliphatic rings. The van der Waals surface area contributed by atoms with Crippen LogP contribution < -0.4 is 4.74 Å². The number of hydrogen-bond acceptors (Lipinski definition) is 7. The van der Waals surface area contributed by atoms with Crippen LogP contribution in [0.1, 0.15) is 50.3 Å². The number of carbonyl (C=O) groups excluding carboxylic acids is 1. The lowest BCUT2D eigenvalue weighted by Gasteiger charge is -2.21. The van der Waals surface area contributed by atoms with Crippen molar-refractivity contribution in [3.8, 4) is 17.0 Å². The monoisotopic (exact) mass is 600 g/mol. The smallest absolute Gasteiger partial charge is 0.401 e. The molecule has 0 radical (unpaired) electrons. The molecule has 1 fully saturated rings. The number of aliphatic hydroxyl groups is 2. The van der Waals surface area contributed by atoms with Crippen LogP contribution in [0.2, 0.25) is 0 Å². The summed E-state index contributed by atoms with van der Waals surface area (Å²) in [4.78, 5) is 20.7. The highest BCUT2D eigenvalue weighted by atomic mass is 19.4. The second-order valence-corrected chi connectivity index (χ2v) is 10.9. The Morgan fingerprint density at radius 2 is 1.86 bits per heavy atom. The minimum atomic E-state index is -4.22. The number of aliphatic hydroxyl groups excluding tert-OH is 2. The summed E-state index contributed by atoms with van der Waals surface area (Å²) < 4.78 is 48.4. The molecular weight excluding hydrogens is 561 g/mol. The van der Waals surface area contributed by atoms with Crippen molar-refractivity contribution in [2.24, 2.45) is 5.41 Å². The van der Waals surface area contributed by atoms with Crippen molar-refractivity contribution in [3.63, 3.8) is 0 Å². The highest BCUT2D eigenvalue weighted by Gasteiger charge is 2.66. The number of Topliss-reactive ketones (excluding diaryl/α,β-unsaturated/α-hetero) is 1. The molecule has 0 spiro atoms. The Bertz CT molecular complexity index is 1500. The van der Waals surface area contributed by atoms with Gasteiger partial charge in [0.05, 0.1) is 36.6 Å². The Hall–Kier alpha value is -3.76. The lowest BCUT2D eigenvalue weighted by atomic mass is 10.00.